The average molecular weight is 427 g/mol. The molecule has 0 aliphatic carbocycles. The zero-order valence-electron chi connectivity index (χ0n) is 18.5. The summed E-state index contributed by atoms with van der Waals surface area (Å²) in [6.45, 7) is 5.33. The molecule has 0 saturated carbocycles. The fraction of sp³-hybridized carbons (Fsp3) is 0.333. The van der Waals surface area contributed by atoms with Crippen molar-refractivity contribution in [1.82, 2.24) is 5.32 Å². The zero-order chi connectivity index (χ0) is 23.0. The van der Waals surface area contributed by atoms with Gasteiger partial charge in [0.25, 0.3) is 0 Å². The molecule has 0 aromatic heterocycles. The lowest BCUT2D eigenvalue weighted by Crippen LogP contribution is -2.45. The normalized spacial score (nSPS) is 12.3. The molecule has 2 rings (SSSR count). The molecule has 31 heavy (non-hydrogen) atoms. The van der Waals surface area contributed by atoms with Crippen LogP contribution in [0.4, 0.5) is 0 Å². The second-order valence-corrected chi connectivity index (χ2v) is 7.89. The number of carbonyl (C=O) groups excluding carboxylic acids is 2. The number of methoxy groups -OCH3 is 2. The van der Waals surface area contributed by atoms with Crippen LogP contribution in [-0.2, 0) is 20.7 Å². The molecule has 0 aliphatic rings. The van der Waals surface area contributed by atoms with E-state index in [4.69, 9.17) is 14.2 Å². The van der Waals surface area contributed by atoms with Crippen molar-refractivity contribution in [3.63, 3.8) is 0 Å². The van der Waals surface area contributed by atoms with Gasteiger partial charge in [-0.05, 0) is 50.1 Å². The molecule has 166 valence electrons. The summed E-state index contributed by atoms with van der Waals surface area (Å²) in [5.41, 5.74) is 0.806. The Balaban J connectivity index is 2.18. The van der Waals surface area contributed by atoms with E-state index in [1.165, 1.54) is 26.4 Å². The summed E-state index contributed by atoms with van der Waals surface area (Å²) in [6.07, 6.45) is 3.14. The SMILES string of the molecule is COc1cc(/C=C/C(=O)NC(Cc2ccccc2)C(=O)OC(C)(C)C)cc(OC)c1O. The topological polar surface area (TPSA) is 94.1 Å². The highest BCUT2D eigenvalue weighted by molar-refractivity contribution is 5.94. The largest absolute Gasteiger partial charge is 0.502 e. The van der Waals surface area contributed by atoms with Crippen molar-refractivity contribution < 1.29 is 28.9 Å². The van der Waals surface area contributed by atoms with E-state index < -0.39 is 23.5 Å². The van der Waals surface area contributed by atoms with Crippen LogP contribution in [0.3, 0.4) is 0 Å². The Labute approximate surface area is 182 Å². The molecule has 0 heterocycles. The molecule has 0 fully saturated rings. The molecular weight excluding hydrogens is 398 g/mol. The highest BCUT2D eigenvalue weighted by atomic mass is 16.6. The van der Waals surface area contributed by atoms with Crippen molar-refractivity contribution in [3.8, 4) is 17.2 Å². The number of ether oxygens (including phenoxy) is 3. The van der Waals surface area contributed by atoms with E-state index in [-0.39, 0.29) is 17.2 Å². The second kappa shape index (κ2) is 10.5. The van der Waals surface area contributed by atoms with Gasteiger partial charge in [0.15, 0.2) is 11.5 Å². The van der Waals surface area contributed by atoms with Gasteiger partial charge in [-0.3, -0.25) is 4.79 Å². The van der Waals surface area contributed by atoms with Gasteiger partial charge in [-0.25, -0.2) is 4.79 Å². The van der Waals surface area contributed by atoms with E-state index in [1.807, 2.05) is 30.3 Å². The molecular formula is C24H29NO6. The minimum absolute atomic E-state index is 0.126. The Morgan fingerprint density at radius 1 is 1.06 bits per heavy atom. The third-order valence-corrected chi connectivity index (χ3v) is 4.22. The highest BCUT2D eigenvalue weighted by Crippen LogP contribution is 2.37. The quantitative estimate of drug-likeness (QED) is 0.495. The Morgan fingerprint density at radius 3 is 2.16 bits per heavy atom. The maximum Gasteiger partial charge on any atom is 0.329 e. The Bertz CT molecular complexity index is 906. The van der Waals surface area contributed by atoms with Gasteiger partial charge in [-0.2, -0.15) is 0 Å². The molecule has 7 nitrogen and oxygen atoms in total. The summed E-state index contributed by atoms with van der Waals surface area (Å²) in [5.74, 6) is -0.659. The molecule has 0 bridgehead atoms. The number of hydrogen-bond acceptors (Lipinski definition) is 6. The fourth-order valence-electron chi connectivity index (χ4n) is 2.82. The summed E-state index contributed by atoms with van der Waals surface area (Å²) >= 11 is 0. The van der Waals surface area contributed by atoms with Crippen LogP contribution in [0.1, 0.15) is 31.9 Å². The number of aromatic hydroxyl groups is 1. The summed E-state index contributed by atoms with van der Waals surface area (Å²) in [7, 11) is 2.84. The van der Waals surface area contributed by atoms with Crippen molar-refractivity contribution in [2.45, 2.75) is 38.8 Å². The number of phenols is 1. The Morgan fingerprint density at radius 2 is 1.65 bits per heavy atom. The smallest absolute Gasteiger partial charge is 0.329 e. The minimum Gasteiger partial charge on any atom is -0.502 e. The summed E-state index contributed by atoms with van der Waals surface area (Å²) in [5, 5.41) is 12.7. The number of carbonyl (C=O) groups is 2. The zero-order valence-corrected chi connectivity index (χ0v) is 18.5. The molecule has 1 amide bonds. The first-order valence-corrected chi connectivity index (χ1v) is 9.83. The predicted molar refractivity (Wildman–Crippen MR) is 118 cm³/mol. The van der Waals surface area contributed by atoms with Crippen molar-refractivity contribution in [3.05, 3.63) is 59.7 Å². The van der Waals surface area contributed by atoms with E-state index in [2.05, 4.69) is 5.32 Å². The van der Waals surface area contributed by atoms with Crippen molar-refractivity contribution >= 4 is 18.0 Å². The number of phenolic OH excluding ortho intramolecular Hbond substituents is 1. The summed E-state index contributed by atoms with van der Waals surface area (Å²) < 4.78 is 15.7. The van der Waals surface area contributed by atoms with E-state index in [0.717, 1.165) is 5.56 Å². The molecule has 0 radical (unpaired) electrons. The van der Waals surface area contributed by atoms with Gasteiger partial charge in [0.2, 0.25) is 11.7 Å². The Kier molecular flexibility index (Phi) is 8.07. The van der Waals surface area contributed by atoms with Gasteiger partial charge < -0.3 is 24.6 Å². The number of nitrogens with one attached hydrogen (secondary N) is 1. The van der Waals surface area contributed by atoms with E-state index in [0.29, 0.717) is 12.0 Å². The number of amides is 1. The first-order valence-electron chi connectivity index (χ1n) is 9.83. The maximum atomic E-state index is 12.7. The third-order valence-electron chi connectivity index (χ3n) is 4.22. The molecule has 2 aromatic rings. The minimum atomic E-state index is -0.845. The van der Waals surface area contributed by atoms with Crippen LogP contribution in [0.15, 0.2) is 48.5 Å². The first-order chi connectivity index (χ1) is 14.6. The molecule has 0 spiro atoms. The molecule has 7 heteroatoms. The van der Waals surface area contributed by atoms with Crippen LogP contribution in [0.25, 0.3) is 6.08 Å². The number of benzene rings is 2. The van der Waals surface area contributed by atoms with Gasteiger partial charge in [0.05, 0.1) is 14.2 Å². The standard InChI is InChI=1S/C24H29NO6/c1-24(2,3)31-23(28)18(13-16-9-7-6-8-10-16)25-21(26)12-11-17-14-19(29-4)22(27)20(15-17)30-5/h6-12,14-15,18,27H,13H2,1-5H3,(H,25,26)/b12-11+. The molecule has 1 atom stereocenters. The van der Waals surface area contributed by atoms with E-state index in [9.17, 15) is 14.7 Å². The lowest BCUT2D eigenvalue weighted by Gasteiger charge is -2.24. The molecule has 0 aliphatic heterocycles. The van der Waals surface area contributed by atoms with Crippen molar-refractivity contribution in [2.75, 3.05) is 14.2 Å². The van der Waals surface area contributed by atoms with Crippen LogP contribution in [0.5, 0.6) is 17.2 Å². The summed E-state index contributed by atoms with van der Waals surface area (Å²) in [4.78, 5) is 25.2. The van der Waals surface area contributed by atoms with Crippen LogP contribution < -0.4 is 14.8 Å². The van der Waals surface area contributed by atoms with Gasteiger partial charge >= 0.3 is 5.97 Å². The second-order valence-electron chi connectivity index (χ2n) is 7.89. The number of esters is 1. The monoisotopic (exact) mass is 427 g/mol. The third kappa shape index (κ3) is 7.37. The lowest BCUT2D eigenvalue weighted by molar-refractivity contribution is -0.158. The molecule has 2 aromatic carbocycles. The van der Waals surface area contributed by atoms with Crippen LogP contribution in [0, 0.1) is 0 Å². The molecule has 0 saturated heterocycles. The fourth-order valence-corrected chi connectivity index (χ4v) is 2.82. The highest BCUT2D eigenvalue weighted by Gasteiger charge is 2.26. The number of hydrogen-bond donors (Lipinski definition) is 2. The van der Waals surface area contributed by atoms with E-state index >= 15 is 0 Å². The van der Waals surface area contributed by atoms with Crippen molar-refractivity contribution in [1.29, 1.82) is 0 Å². The molecule has 2 N–H and O–H groups in total. The lowest BCUT2D eigenvalue weighted by atomic mass is 10.1. The van der Waals surface area contributed by atoms with Gasteiger partial charge in [0.1, 0.15) is 11.6 Å². The summed E-state index contributed by atoms with van der Waals surface area (Å²) in [6, 6.07) is 11.7. The average Bonchev–Trinajstić information content (AvgIpc) is 2.72. The van der Waals surface area contributed by atoms with Crippen LogP contribution in [-0.4, -0.2) is 42.8 Å². The molecule has 1 unspecified atom stereocenters. The first kappa shape index (κ1) is 23.8. The van der Waals surface area contributed by atoms with Crippen LogP contribution >= 0.6 is 0 Å². The van der Waals surface area contributed by atoms with E-state index in [1.54, 1.807) is 32.9 Å². The maximum absolute atomic E-state index is 12.7. The van der Waals surface area contributed by atoms with Gasteiger partial charge in [-0.15, -0.1) is 0 Å². The Hall–Kier alpha value is -3.48. The van der Waals surface area contributed by atoms with Crippen LogP contribution in [0.2, 0.25) is 0 Å². The van der Waals surface area contributed by atoms with Crippen molar-refractivity contribution in [2.24, 2.45) is 0 Å². The number of rotatable bonds is 8. The predicted octanol–water partition coefficient (Wildman–Crippen LogP) is 3.49. The van der Waals surface area contributed by atoms with Gasteiger partial charge in [-0.1, -0.05) is 30.3 Å². The van der Waals surface area contributed by atoms with Gasteiger partial charge in [0, 0.05) is 12.5 Å².